The minimum atomic E-state index is -3.59. The van der Waals surface area contributed by atoms with Crippen molar-refractivity contribution >= 4 is 33.3 Å². The molecule has 4 atom stereocenters. The van der Waals surface area contributed by atoms with Gasteiger partial charge in [-0.2, -0.15) is 0 Å². The molecule has 2 aromatic rings. The molecule has 0 saturated heterocycles. The van der Waals surface area contributed by atoms with Crippen molar-refractivity contribution in [2.45, 2.75) is 58.3 Å². The highest BCUT2D eigenvalue weighted by molar-refractivity contribution is 7.92. The largest absolute Gasteiger partial charge is 0.490 e. The van der Waals surface area contributed by atoms with Crippen LogP contribution < -0.4 is 24.2 Å². The van der Waals surface area contributed by atoms with Crippen molar-refractivity contribution < 1.29 is 42.1 Å². The fourth-order valence-corrected chi connectivity index (χ4v) is 5.76. The Hall–Kier alpha value is -3.75. The van der Waals surface area contributed by atoms with E-state index in [1.54, 1.807) is 44.3 Å². The second-order valence-electron chi connectivity index (χ2n) is 11.8. The number of ether oxygens (including phenoxy) is 4. The number of hydrogen-bond acceptors (Lipinski definition) is 9. The number of fused-ring (bicyclic) bond motifs is 2. The number of aliphatic hydroxyl groups excluding tert-OH is 1. The van der Waals surface area contributed by atoms with E-state index in [1.165, 1.54) is 15.9 Å². The summed E-state index contributed by atoms with van der Waals surface area (Å²) in [4.78, 5) is 30.3. The summed E-state index contributed by atoms with van der Waals surface area (Å²) in [6, 6.07) is 8.87. The molecule has 0 bridgehead atoms. The zero-order valence-electron chi connectivity index (χ0n) is 26.4. The number of carbonyl (C=O) groups is 2. The third-order valence-electron chi connectivity index (χ3n) is 7.78. The van der Waals surface area contributed by atoms with Crippen LogP contribution in [0.15, 0.2) is 36.4 Å². The molecule has 3 amide bonds. The number of rotatable bonds is 7. The summed E-state index contributed by atoms with van der Waals surface area (Å²) in [7, 11) is -1.92. The fraction of sp³-hybridized carbons (Fsp3) is 0.548. The van der Waals surface area contributed by atoms with E-state index in [0.717, 1.165) is 19.1 Å². The summed E-state index contributed by atoms with van der Waals surface area (Å²) < 4.78 is 49.5. The lowest BCUT2D eigenvalue weighted by Gasteiger charge is -2.35. The van der Waals surface area contributed by atoms with Crippen LogP contribution in [0.1, 0.15) is 50.4 Å². The SMILES string of the molecule is C[C@@H]1CCCCO[C@@H](CN(C)C(=O)Nc2ccc3c(c2)OCO3)[C@@H](C)CN([C@H](C)CO)C(=O)c2cc(NS(C)(=O)=O)ccc2O1. The highest BCUT2D eigenvalue weighted by atomic mass is 32.2. The zero-order valence-corrected chi connectivity index (χ0v) is 27.3. The second-order valence-corrected chi connectivity index (χ2v) is 13.5. The predicted molar refractivity (Wildman–Crippen MR) is 170 cm³/mol. The lowest BCUT2D eigenvalue weighted by Crippen LogP contribution is -2.48. The number of sulfonamides is 1. The molecule has 45 heavy (non-hydrogen) atoms. The third kappa shape index (κ3) is 9.38. The van der Waals surface area contributed by atoms with E-state index in [2.05, 4.69) is 10.0 Å². The molecule has 2 aliphatic heterocycles. The molecule has 2 aromatic carbocycles. The van der Waals surface area contributed by atoms with Crippen molar-refractivity contribution in [2.24, 2.45) is 5.92 Å². The topological polar surface area (TPSA) is 156 Å². The van der Waals surface area contributed by atoms with Gasteiger partial charge in [-0.05, 0) is 63.4 Å². The maximum absolute atomic E-state index is 14.1. The fourth-order valence-electron chi connectivity index (χ4n) is 5.21. The number of nitrogens with zero attached hydrogens (tertiary/aromatic N) is 2. The van der Waals surface area contributed by atoms with Gasteiger partial charge in [-0.1, -0.05) is 6.92 Å². The van der Waals surface area contributed by atoms with Gasteiger partial charge in [-0.3, -0.25) is 9.52 Å². The van der Waals surface area contributed by atoms with Crippen LogP contribution in [0.5, 0.6) is 17.2 Å². The minimum absolute atomic E-state index is 0.133. The zero-order chi connectivity index (χ0) is 32.7. The Labute approximate surface area is 264 Å². The van der Waals surface area contributed by atoms with Crippen LogP contribution in [0.3, 0.4) is 0 Å². The summed E-state index contributed by atoms with van der Waals surface area (Å²) in [6.45, 7) is 6.31. The molecule has 4 rings (SSSR count). The molecule has 0 fully saturated rings. The molecular formula is C31H44N4O9S. The van der Waals surface area contributed by atoms with E-state index >= 15 is 0 Å². The summed E-state index contributed by atoms with van der Waals surface area (Å²) in [6.07, 6.45) is 2.66. The molecule has 0 spiro atoms. The molecule has 248 valence electrons. The van der Waals surface area contributed by atoms with Crippen molar-refractivity contribution in [3.8, 4) is 17.2 Å². The second kappa shape index (κ2) is 15.0. The Morgan fingerprint density at radius 1 is 1.09 bits per heavy atom. The van der Waals surface area contributed by atoms with Gasteiger partial charge >= 0.3 is 6.03 Å². The van der Waals surface area contributed by atoms with Gasteiger partial charge in [0.2, 0.25) is 16.8 Å². The van der Waals surface area contributed by atoms with Crippen LogP contribution in [-0.4, -0.2) is 99.9 Å². The molecule has 3 N–H and O–H groups in total. The Morgan fingerprint density at radius 2 is 1.80 bits per heavy atom. The summed E-state index contributed by atoms with van der Waals surface area (Å²) >= 11 is 0. The Bertz CT molecular complexity index is 1450. The van der Waals surface area contributed by atoms with Gasteiger partial charge in [0.15, 0.2) is 11.5 Å². The molecule has 0 aromatic heterocycles. The van der Waals surface area contributed by atoms with E-state index < -0.39 is 28.1 Å². The molecule has 0 unspecified atom stereocenters. The number of carbonyl (C=O) groups excluding carboxylic acids is 2. The Balaban J connectivity index is 1.57. The quantitative estimate of drug-likeness (QED) is 0.407. The van der Waals surface area contributed by atoms with Crippen molar-refractivity contribution in [3.63, 3.8) is 0 Å². The van der Waals surface area contributed by atoms with Crippen molar-refractivity contribution in [1.29, 1.82) is 0 Å². The molecular weight excluding hydrogens is 604 g/mol. The number of urea groups is 1. The molecule has 2 heterocycles. The average Bonchev–Trinajstić information content (AvgIpc) is 3.45. The van der Waals surface area contributed by atoms with Gasteiger partial charge in [0.1, 0.15) is 5.75 Å². The first-order chi connectivity index (χ1) is 21.3. The molecule has 14 heteroatoms. The lowest BCUT2D eigenvalue weighted by atomic mass is 10.0. The minimum Gasteiger partial charge on any atom is -0.490 e. The maximum Gasteiger partial charge on any atom is 0.321 e. The van der Waals surface area contributed by atoms with Gasteiger partial charge < -0.3 is 39.2 Å². The molecule has 13 nitrogen and oxygen atoms in total. The third-order valence-corrected chi connectivity index (χ3v) is 8.39. The molecule has 0 aliphatic carbocycles. The Kier molecular flexibility index (Phi) is 11.4. The van der Waals surface area contributed by atoms with Crippen molar-refractivity contribution in [1.82, 2.24) is 9.80 Å². The molecule has 0 radical (unpaired) electrons. The average molecular weight is 649 g/mol. The van der Waals surface area contributed by atoms with Gasteiger partial charge in [-0.15, -0.1) is 0 Å². The predicted octanol–water partition coefficient (Wildman–Crippen LogP) is 3.75. The van der Waals surface area contributed by atoms with Gasteiger partial charge in [0, 0.05) is 50.1 Å². The van der Waals surface area contributed by atoms with Crippen LogP contribution in [0.4, 0.5) is 16.2 Å². The number of anilines is 2. The van der Waals surface area contributed by atoms with Gasteiger partial charge in [-0.25, -0.2) is 13.2 Å². The standard InChI is InChI=1S/C31H44N4O9S/c1-20-16-35(21(2)18-36)30(37)25-14-24(33-45(5,39)40)10-11-26(25)44-22(3)8-6-7-13-41-29(20)17-34(4)31(38)32-23-9-12-27-28(15-23)43-19-42-27/h9-12,14-15,20-22,29,33,36H,6-8,13,16-19H2,1-5H3,(H,32,38)/t20-,21+,22+,29-/m0/s1. The van der Waals surface area contributed by atoms with Crippen LogP contribution in [0.2, 0.25) is 0 Å². The first kappa shape index (κ1) is 34.1. The van der Waals surface area contributed by atoms with E-state index in [9.17, 15) is 23.1 Å². The highest BCUT2D eigenvalue weighted by Crippen LogP contribution is 2.34. The number of amides is 3. The van der Waals surface area contributed by atoms with Crippen LogP contribution in [0.25, 0.3) is 0 Å². The van der Waals surface area contributed by atoms with E-state index in [-0.39, 0.29) is 55.8 Å². The van der Waals surface area contributed by atoms with E-state index in [0.29, 0.717) is 36.0 Å². The molecule has 0 saturated carbocycles. The van der Waals surface area contributed by atoms with Crippen LogP contribution >= 0.6 is 0 Å². The first-order valence-electron chi connectivity index (χ1n) is 15.1. The van der Waals surface area contributed by atoms with Crippen molar-refractivity contribution in [2.75, 3.05) is 56.4 Å². The van der Waals surface area contributed by atoms with E-state index in [1.807, 2.05) is 13.8 Å². The van der Waals surface area contributed by atoms with E-state index in [4.69, 9.17) is 18.9 Å². The number of benzene rings is 2. The number of likely N-dealkylation sites (N-methyl/N-ethyl adjacent to an activating group) is 1. The Morgan fingerprint density at radius 3 is 2.53 bits per heavy atom. The van der Waals surface area contributed by atoms with Crippen LogP contribution in [-0.2, 0) is 14.8 Å². The lowest BCUT2D eigenvalue weighted by molar-refractivity contribution is -0.0115. The van der Waals surface area contributed by atoms with Gasteiger partial charge in [0.05, 0.1) is 36.7 Å². The summed E-state index contributed by atoms with van der Waals surface area (Å²) in [5, 5.41) is 13.0. The van der Waals surface area contributed by atoms with Crippen molar-refractivity contribution in [3.05, 3.63) is 42.0 Å². The first-order valence-corrected chi connectivity index (χ1v) is 17.0. The highest BCUT2D eigenvalue weighted by Gasteiger charge is 2.31. The summed E-state index contributed by atoms with van der Waals surface area (Å²) in [5.41, 5.74) is 0.963. The smallest absolute Gasteiger partial charge is 0.321 e. The summed E-state index contributed by atoms with van der Waals surface area (Å²) in [5.74, 6) is 0.826. The normalized spacial score (nSPS) is 21.6. The monoisotopic (exact) mass is 648 g/mol. The molecule has 2 aliphatic rings. The van der Waals surface area contributed by atoms with Gasteiger partial charge in [0.25, 0.3) is 5.91 Å². The number of nitrogens with one attached hydrogen (secondary N) is 2. The maximum atomic E-state index is 14.1. The van der Waals surface area contributed by atoms with Crippen LogP contribution in [0, 0.1) is 5.92 Å². The number of aliphatic hydroxyl groups is 1. The number of hydrogen-bond donors (Lipinski definition) is 3.